The molecule has 0 atom stereocenters. The van der Waals surface area contributed by atoms with Crippen LogP contribution in [0.2, 0.25) is 0 Å². The predicted molar refractivity (Wildman–Crippen MR) is 72.7 cm³/mol. The number of H-pyrrole nitrogens is 1. The number of nitrogens with one attached hydrogen (secondary N) is 2. The second kappa shape index (κ2) is 6.10. The first kappa shape index (κ1) is 13.2. The maximum atomic E-state index is 11.0. The lowest BCUT2D eigenvalue weighted by Crippen LogP contribution is -2.14. The van der Waals surface area contributed by atoms with Crippen molar-refractivity contribution < 1.29 is 4.92 Å². The number of benzene rings is 1. The van der Waals surface area contributed by atoms with Crippen LogP contribution in [0.4, 0.5) is 5.69 Å². The molecule has 0 amide bonds. The number of nitro groups is 1. The number of aromatic amines is 1. The smallest absolute Gasteiger partial charge is 0.278 e. The SMILES string of the molecule is CCCNCc1ncc(-c2ccccc2[N+](=O)[O-])[nH]1. The molecule has 6 nitrogen and oxygen atoms in total. The van der Waals surface area contributed by atoms with E-state index in [0.29, 0.717) is 17.8 Å². The van der Waals surface area contributed by atoms with E-state index in [1.54, 1.807) is 24.4 Å². The molecular weight excluding hydrogens is 244 g/mol. The van der Waals surface area contributed by atoms with Crippen LogP contribution in [-0.2, 0) is 6.54 Å². The second-order valence-electron chi connectivity index (χ2n) is 4.19. The normalized spacial score (nSPS) is 10.6. The predicted octanol–water partition coefficient (Wildman–Crippen LogP) is 2.48. The third-order valence-electron chi connectivity index (χ3n) is 2.74. The lowest BCUT2D eigenvalue weighted by molar-refractivity contribution is -0.384. The molecule has 2 rings (SSSR count). The van der Waals surface area contributed by atoms with Gasteiger partial charge in [-0.25, -0.2) is 4.98 Å². The molecule has 100 valence electrons. The first-order chi connectivity index (χ1) is 9.22. The summed E-state index contributed by atoms with van der Waals surface area (Å²) < 4.78 is 0. The van der Waals surface area contributed by atoms with E-state index in [4.69, 9.17) is 0 Å². The third-order valence-corrected chi connectivity index (χ3v) is 2.74. The van der Waals surface area contributed by atoms with Crippen LogP contribution >= 0.6 is 0 Å². The van der Waals surface area contributed by atoms with Crippen molar-refractivity contribution in [2.24, 2.45) is 0 Å². The third kappa shape index (κ3) is 3.17. The molecule has 0 aliphatic rings. The molecule has 2 aromatic rings. The maximum Gasteiger partial charge on any atom is 0.278 e. The Labute approximate surface area is 111 Å². The Morgan fingerprint density at radius 2 is 2.21 bits per heavy atom. The van der Waals surface area contributed by atoms with Crippen LogP contribution < -0.4 is 5.32 Å². The van der Waals surface area contributed by atoms with Gasteiger partial charge in [-0.15, -0.1) is 0 Å². The zero-order chi connectivity index (χ0) is 13.7. The Kier molecular flexibility index (Phi) is 4.25. The van der Waals surface area contributed by atoms with E-state index in [1.807, 2.05) is 0 Å². The van der Waals surface area contributed by atoms with Crippen molar-refractivity contribution in [3.8, 4) is 11.3 Å². The van der Waals surface area contributed by atoms with Gasteiger partial charge in [-0.3, -0.25) is 10.1 Å². The number of hydrogen-bond acceptors (Lipinski definition) is 4. The summed E-state index contributed by atoms with van der Waals surface area (Å²) in [4.78, 5) is 17.9. The summed E-state index contributed by atoms with van der Waals surface area (Å²) in [6.45, 7) is 3.64. The highest BCUT2D eigenvalue weighted by atomic mass is 16.6. The zero-order valence-corrected chi connectivity index (χ0v) is 10.7. The molecule has 0 aliphatic carbocycles. The Balaban J connectivity index is 2.21. The van der Waals surface area contributed by atoms with E-state index in [0.717, 1.165) is 18.8 Å². The van der Waals surface area contributed by atoms with Crippen LogP contribution in [0.3, 0.4) is 0 Å². The topological polar surface area (TPSA) is 83.8 Å². The van der Waals surface area contributed by atoms with Gasteiger partial charge in [0.15, 0.2) is 0 Å². The number of para-hydroxylation sites is 1. The van der Waals surface area contributed by atoms with E-state index in [1.165, 1.54) is 6.07 Å². The molecule has 0 saturated carbocycles. The standard InChI is InChI=1S/C13H16N4O2/c1-2-7-14-9-13-15-8-11(16-13)10-5-3-4-6-12(10)17(18)19/h3-6,8,14H,2,7,9H2,1H3,(H,15,16). The molecule has 0 fully saturated rings. The molecule has 2 N–H and O–H groups in total. The monoisotopic (exact) mass is 260 g/mol. The van der Waals surface area contributed by atoms with Crippen molar-refractivity contribution >= 4 is 5.69 Å². The van der Waals surface area contributed by atoms with Gasteiger partial charge in [0.05, 0.1) is 28.9 Å². The van der Waals surface area contributed by atoms with E-state index in [-0.39, 0.29) is 10.6 Å². The van der Waals surface area contributed by atoms with Crippen LogP contribution in [0.1, 0.15) is 19.2 Å². The molecule has 1 heterocycles. The molecule has 1 aromatic carbocycles. The fourth-order valence-electron chi connectivity index (χ4n) is 1.83. The fourth-order valence-corrected chi connectivity index (χ4v) is 1.83. The van der Waals surface area contributed by atoms with Gasteiger partial charge in [0.1, 0.15) is 5.82 Å². The van der Waals surface area contributed by atoms with Crippen LogP contribution in [0, 0.1) is 10.1 Å². The van der Waals surface area contributed by atoms with E-state index in [2.05, 4.69) is 22.2 Å². The number of hydrogen-bond donors (Lipinski definition) is 2. The average Bonchev–Trinajstić information content (AvgIpc) is 2.88. The average molecular weight is 260 g/mol. The van der Waals surface area contributed by atoms with E-state index in [9.17, 15) is 10.1 Å². The maximum absolute atomic E-state index is 11.0. The Hall–Kier alpha value is -2.21. The van der Waals surface area contributed by atoms with Crippen molar-refractivity contribution in [1.82, 2.24) is 15.3 Å². The van der Waals surface area contributed by atoms with Crippen LogP contribution in [0.5, 0.6) is 0 Å². The quantitative estimate of drug-likeness (QED) is 0.475. The van der Waals surface area contributed by atoms with Gasteiger partial charge in [-0.1, -0.05) is 19.1 Å². The number of imidazole rings is 1. The van der Waals surface area contributed by atoms with Crippen molar-refractivity contribution in [2.75, 3.05) is 6.54 Å². The molecule has 0 radical (unpaired) electrons. The van der Waals surface area contributed by atoms with Crippen molar-refractivity contribution in [1.29, 1.82) is 0 Å². The number of rotatable bonds is 6. The minimum atomic E-state index is -0.384. The van der Waals surface area contributed by atoms with Gasteiger partial charge in [0.25, 0.3) is 5.69 Å². The Bertz CT molecular complexity index is 565. The number of aromatic nitrogens is 2. The molecule has 0 saturated heterocycles. The highest BCUT2D eigenvalue weighted by Crippen LogP contribution is 2.27. The summed E-state index contributed by atoms with van der Waals surface area (Å²) in [5.41, 5.74) is 1.31. The summed E-state index contributed by atoms with van der Waals surface area (Å²) in [5, 5.41) is 14.2. The second-order valence-corrected chi connectivity index (χ2v) is 4.19. The fraction of sp³-hybridized carbons (Fsp3) is 0.308. The molecule has 0 unspecified atom stereocenters. The van der Waals surface area contributed by atoms with Crippen LogP contribution in [-0.4, -0.2) is 21.4 Å². The zero-order valence-electron chi connectivity index (χ0n) is 10.7. The van der Waals surface area contributed by atoms with Gasteiger partial charge >= 0.3 is 0 Å². The van der Waals surface area contributed by atoms with Gasteiger partial charge < -0.3 is 10.3 Å². The van der Waals surface area contributed by atoms with E-state index >= 15 is 0 Å². The van der Waals surface area contributed by atoms with Gasteiger partial charge in [-0.05, 0) is 19.0 Å². The number of nitrogens with zero attached hydrogens (tertiary/aromatic N) is 2. The Morgan fingerprint density at radius 1 is 1.42 bits per heavy atom. The first-order valence-electron chi connectivity index (χ1n) is 6.20. The van der Waals surface area contributed by atoms with Crippen LogP contribution in [0.15, 0.2) is 30.5 Å². The van der Waals surface area contributed by atoms with Gasteiger partial charge in [-0.2, -0.15) is 0 Å². The lowest BCUT2D eigenvalue weighted by Gasteiger charge is -2.00. The van der Waals surface area contributed by atoms with Crippen molar-refractivity contribution in [3.05, 3.63) is 46.4 Å². The minimum Gasteiger partial charge on any atom is -0.341 e. The molecular formula is C13H16N4O2. The summed E-state index contributed by atoms with van der Waals surface area (Å²) in [5.74, 6) is 0.779. The lowest BCUT2D eigenvalue weighted by atomic mass is 10.1. The van der Waals surface area contributed by atoms with Crippen molar-refractivity contribution in [3.63, 3.8) is 0 Å². The van der Waals surface area contributed by atoms with Crippen molar-refractivity contribution in [2.45, 2.75) is 19.9 Å². The first-order valence-corrected chi connectivity index (χ1v) is 6.20. The van der Waals surface area contributed by atoms with Crippen LogP contribution in [0.25, 0.3) is 11.3 Å². The van der Waals surface area contributed by atoms with E-state index < -0.39 is 0 Å². The molecule has 6 heteroatoms. The molecule has 1 aromatic heterocycles. The molecule has 0 aliphatic heterocycles. The summed E-state index contributed by atoms with van der Waals surface area (Å²) in [7, 11) is 0. The molecule has 0 spiro atoms. The Morgan fingerprint density at radius 3 is 2.95 bits per heavy atom. The minimum absolute atomic E-state index is 0.0826. The summed E-state index contributed by atoms with van der Waals surface area (Å²) in [6.07, 6.45) is 2.68. The highest BCUT2D eigenvalue weighted by Gasteiger charge is 2.15. The molecule has 19 heavy (non-hydrogen) atoms. The van der Waals surface area contributed by atoms with Gasteiger partial charge in [0, 0.05) is 6.07 Å². The number of nitro benzene ring substituents is 1. The van der Waals surface area contributed by atoms with Gasteiger partial charge in [0.2, 0.25) is 0 Å². The highest BCUT2D eigenvalue weighted by molar-refractivity contribution is 5.70. The largest absolute Gasteiger partial charge is 0.341 e. The summed E-state index contributed by atoms with van der Waals surface area (Å²) in [6, 6.07) is 6.64. The molecule has 0 bridgehead atoms. The summed E-state index contributed by atoms with van der Waals surface area (Å²) >= 11 is 0.